The zero-order valence-corrected chi connectivity index (χ0v) is 12.5. The highest BCUT2D eigenvalue weighted by molar-refractivity contribution is 6.31. The number of benzene rings is 1. The monoisotopic (exact) mass is 295 g/mol. The third-order valence-corrected chi connectivity index (χ3v) is 4.01. The normalized spacial score (nSPS) is 12.7. The maximum absolute atomic E-state index is 13.9. The highest BCUT2D eigenvalue weighted by Crippen LogP contribution is 2.28. The summed E-state index contributed by atoms with van der Waals surface area (Å²) in [7, 11) is 1.86. The lowest BCUT2D eigenvalue weighted by molar-refractivity contribution is 0.563. The number of aryl methyl sites for hydroxylation is 2. The van der Waals surface area contributed by atoms with Crippen molar-refractivity contribution in [1.82, 2.24) is 9.78 Å². The maximum atomic E-state index is 13.9. The van der Waals surface area contributed by atoms with E-state index in [0.717, 1.165) is 17.8 Å². The molecule has 1 unspecified atom stereocenters. The number of nitrogens with two attached hydrogens (primary N) is 1. The Kier molecular flexibility index (Phi) is 4.78. The molecule has 1 heterocycles. The first kappa shape index (κ1) is 15.0. The van der Waals surface area contributed by atoms with E-state index in [0.29, 0.717) is 23.6 Å². The fourth-order valence-electron chi connectivity index (χ4n) is 2.40. The quantitative estimate of drug-likeness (QED) is 0.921. The highest BCUT2D eigenvalue weighted by atomic mass is 35.5. The summed E-state index contributed by atoms with van der Waals surface area (Å²) in [4.78, 5) is 0. The van der Waals surface area contributed by atoms with E-state index in [9.17, 15) is 4.39 Å². The van der Waals surface area contributed by atoms with Gasteiger partial charge in [0.25, 0.3) is 0 Å². The zero-order chi connectivity index (χ0) is 14.7. The topological polar surface area (TPSA) is 43.8 Å². The van der Waals surface area contributed by atoms with Crippen molar-refractivity contribution in [3.8, 4) is 0 Å². The summed E-state index contributed by atoms with van der Waals surface area (Å²) in [6.07, 6.45) is 1.36. The van der Waals surface area contributed by atoms with Crippen molar-refractivity contribution in [2.45, 2.75) is 25.7 Å². The van der Waals surface area contributed by atoms with Crippen LogP contribution < -0.4 is 5.73 Å². The Morgan fingerprint density at radius 3 is 2.65 bits per heavy atom. The van der Waals surface area contributed by atoms with Gasteiger partial charge in [-0.05, 0) is 31.0 Å². The van der Waals surface area contributed by atoms with Crippen LogP contribution in [0.25, 0.3) is 0 Å². The Morgan fingerprint density at radius 2 is 2.10 bits per heavy atom. The average molecular weight is 296 g/mol. The van der Waals surface area contributed by atoms with Crippen molar-refractivity contribution in [2.75, 3.05) is 6.54 Å². The van der Waals surface area contributed by atoms with Crippen LogP contribution in [0.5, 0.6) is 0 Å². The molecule has 0 bridgehead atoms. The van der Waals surface area contributed by atoms with E-state index in [1.165, 1.54) is 6.07 Å². The molecule has 3 nitrogen and oxygen atoms in total. The first-order valence-corrected chi connectivity index (χ1v) is 7.11. The molecule has 0 aliphatic rings. The molecular weight excluding hydrogens is 277 g/mol. The van der Waals surface area contributed by atoms with E-state index in [4.69, 9.17) is 17.3 Å². The zero-order valence-electron chi connectivity index (χ0n) is 11.7. The number of hydrogen-bond acceptors (Lipinski definition) is 2. The number of nitrogens with zero attached hydrogens (tertiary/aromatic N) is 2. The molecule has 0 aliphatic carbocycles. The Balaban J connectivity index is 2.32. The van der Waals surface area contributed by atoms with Crippen LogP contribution in [-0.2, 0) is 19.9 Å². The molecule has 0 radical (unpaired) electrons. The van der Waals surface area contributed by atoms with Crippen molar-refractivity contribution < 1.29 is 4.39 Å². The van der Waals surface area contributed by atoms with Gasteiger partial charge in [0.15, 0.2) is 0 Å². The van der Waals surface area contributed by atoms with E-state index in [-0.39, 0.29) is 11.7 Å². The lowest BCUT2D eigenvalue weighted by Crippen LogP contribution is -2.18. The van der Waals surface area contributed by atoms with Gasteiger partial charge in [0.1, 0.15) is 5.82 Å². The molecule has 0 saturated carbocycles. The van der Waals surface area contributed by atoms with Gasteiger partial charge in [-0.25, -0.2) is 4.39 Å². The van der Waals surface area contributed by atoms with Gasteiger partial charge < -0.3 is 5.73 Å². The number of hydrogen-bond donors (Lipinski definition) is 1. The highest BCUT2D eigenvalue weighted by Gasteiger charge is 2.20. The molecule has 20 heavy (non-hydrogen) atoms. The second kappa shape index (κ2) is 6.37. The minimum atomic E-state index is -0.225. The first-order valence-electron chi connectivity index (χ1n) is 6.73. The fraction of sp³-hybridized carbons (Fsp3) is 0.400. The van der Waals surface area contributed by atoms with Crippen LogP contribution in [0.4, 0.5) is 4.39 Å². The predicted molar refractivity (Wildman–Crippen MR) is 79.5 cm³/mol. The summed E-state index contributed by atoms with van der Waals surface area (Å²) < 4.78 is 15.7. The average Bonchev–Trinajstić information content (AvgIpc) is 2.72. The Morgan fingerprint density at radius 1 is 1.40 bits per heavy atom. The summed E-state index contributed by atoms with van der Waals surface area (Å²) >= 11 is 6.34. The van der Waals surface area contributed by atoms with Crippen molar-refractivity contribution >= 4 is 11.6 Å². The molecule has 1 atom stereocenters. The largest absolute Gasteiger partial charge is 0.330 e. The van der Waals surface area contributed by atoms with Crippen LogP contribution in [0.15, 0.2) is 24.3 Å². The van der Waals surface area contributed by atoms with Crippen molar-refractivity contribution in [3.63, 3.8) is 0 Å². The minimum absolute atomic E-state index is 0.103. The van der Waals surface area contributed by atoms with E-state index in [1.54, 1.807) is 16.8 Å². The van der Waals surface area contributed by atoms with Gasteiger partial charge in [-0.3, -0.25) is 4.68 Å². The van der Waals surface area contributed by atoms with Gasteiger partial charge in [0.2, 0.25) is 0 Å². The predicted octanol–water partition coefficient (Wildman–Crippen LogP) is 3.06. The van der Waals surface area contributed by atoms with E-state index >= 15 is 0 Å². The number of rotatable bonds is 5. The SMILES string of the molecule is CCc1nn(C)c(CC(CN)c2ccccc2F)c1Cl. The smallest absolute Gasteiger partial charge is 0.126 e. The van der Waals surface area contributed by atoms with Crippen LogP contribution in [0.1, 0.15) is 29.8 Å². The number of halogens is 2. The van der Waals surface area contributed by atoms with Crippen molar-refractivity contribution in [2.24, 2.45) is 12.8 Å². The van der Waals surface area contributed by atoms with Gasteiger partial charge in [0.05, 0.1) is 16.4 Å². The molecule has 2 aromatic rings. The molecular formula is C15H19ClFN3. The molecule has 1 aromatic carbocycles. The maximum Gasteiger partial charge on any atom is 0.126 e. The van der Waals surface area contributed by atoms with Gasteiger partial charge in [0, 0.05) is 13.0 Å². The molecule has 0 saturated heterocycles. The van der Waals surface area contributed by atoms with Gasteiger partial charge in [-0.2, -0.15) is 5.10 Å². The van der Waals surface area contributed by atoms with Crippen molar-refractivity contribution in [1.29, 1.82) is 0 Å². The molecule has 0 fully saturated rings. The Labute approximate surface area is 123 Å². The fourth-order valence-corrected chi connectivity index (χ4v) is 2.77. The van der Waals surface area contributed by atoms with Crippen LogP contribution in [0, 0.1) is 5.82 Å². The van der Waals surface area contributed by atoms with E-state index in [1.807, 2.05) is 20.0 Å². The number of aromatic nitrogens is 2. The molecule has 2 rings (SSSR count). The third kappa shape index (κ3) is 2.86. The molecule has 0 amide bonds. The van der Waals surface area contributed by atoms with Gasteiger partial charge >= 0.3 is 0 Å². The third-order valence-electron chi connectivity index (χ3n) is 3.57. The second-order valence-corrected chi connectivity index (χ2v) is 5.22. The van der Waals surface area contributed by atoms with Crippen molar-refractivity contribution in [3.05, 3.63) is 52.1 Å². The Hall–Kier alpha value is -1.39. The standard InChI is InChI=1S/C15H19ClFN3/c1-3-13-15(16)14(20(2)19-13)8-10(9-18)11-6-4-5-7-12(11)17/h4-7,10H,3,8-9,18H2,1-2H3. The second-order valence-electron chi connectivity index (χ2n) is 4.84. The van der Waals surface area contributed by atoms with E-state index < -0.39 is 0 Å². The van der Waals surface area contributed by atoms with E-state index in [2.05, 4.69) is 5.10 Å². The lowest BCUT2D eigenvalue weighted by Gasteiger charge is -2.16. The van der Waals surface area contributed by atoms with Gasteiger partial charge in [-0.15, -0.1) is 0 Å². The molecule has 108 valence electrons. The first-order chi connectivity index (χ1) is 9.58. The molecule has 5 heteroatoms. The van der Waals surface area contributed by atoms with Crippen LogP contribution in [-0.4, -0.2) is 16.3 Å². The van der Waals surface area contributed by atoms with Crippen LogP contribution in [0.3, 0.4) is 0 Å². The summed E-state index contributed by atoms with van der Waals surface area (Å²) in [5.41, 5.74) is 8.23. The molecule has 1 aromatic heterocycles. The van der Waals surface area contributed by atoms with Gasteiger partial charge in [-0.1, -0.05) is 36.7 Å². The summed E-state index contributed by atoms with van der Waals surface area (Å²) in [5, 5.41) is 5.05. The summed E-state index contributed by atoms with van der Waals surface area (Å²) in [6, 6.07) is 6.74. The minimum Gasteiger partial charge on any atom is -0.330 e. The van der Waals surface area contributed by atoms with Crippen LogP contribution in [0.2, 0.25) is 5.02 Å². The Bertz CT molecular complexity index is 595. The van der Waals surface area contributed by atoms with Crippen LogP contribution >= 0.6 is 11.6 Å². The molecule has 0 spiro atoms. The molecule has 2 N–H and O–H groups in total. The summed E-state index contributed by atoms with van der Waals surface area (Å²) in [5.74, 6) is -0.328. The molecule has 0 aliphatic heterocycles. The summed E-state index contributed by atoms with van der Waals surface area (Å²) in [6.45, 7) is 2.37. The lowest BCUT2D eigenvalue weighted by atomic mass is 9.93.